The summed E-state index contributed by atoms with van der Waals surface area (Å²) in [7, 11) is 1.54. The number of nitrogens with one attached hydrogen (secondary N) is 2. The van der Waals surface area contributed by atoms with E-state index in [1.807, 2.05) is 19.1 Å². The zero-order valence-corrected chi connectivity index (χ0v) is 20.0. The van der Waals surface area contributed by atoms with Crippen molar-refractivity contribution in [3.05, 3.63) is 59.0 Å². The molecule has 0 aliphatic carbocycles. The topological polar surface area (TPSA) is 89.0 Å². The third kappa shape index (κ3) is 6.32. The fourth-order valence-electron chi connectivity index (χ4n) is 3.31. The summed E-state index contributed by atoms with van der Waals surface area (Å²) in [4.78, 5) is 24.9. The maximum Gasteiger partial charge on any atom is 0.259 e. The van der Waals surface area contributed by atoms with Crippen molar-refractivity contribution in [2.75, 3.05) is 20.3 Å². The molecule has 0 spiro atoms. The lowest BCUT2D eigenvalue weighted by atomic mass is 10.0. The highest BCUT2D eigenvalue weighted by molar-refractivity contribution is 7.17. The second-order valence-electron chi connectivity index (χ2n) is 7.32. The van der Waals surface area contributed by atoms with Gasteiger partial charge in [0.1, 0.15) is 0 Å². The highest BCUT2D eigenvalue weighted by Crippen LogP contribution is 2.28. The molecule has 2 N–H and O–H groups in total. The minimum absolute atomic E-state index is 0.191. The van der Waals surface area contributed by atoms with Crippen molar-refractivity contribution >= 4 is 38.9 Å². The molecule has 3 aromatic rings. The Hall–Kier alpha value is -3.39. The first-order chi connectivity index (χ1) is 16.1. The molecule has 0 saturated heterocycles. The van der Waals surface area contributed by atoms with Crippen LogP contribution in [-0.4, -0.2) is 37.8 Å². The number of thiophene rings is 1. The van der Waals surface area contributed by atoms with Crippen LogP contribution in [0.2, 0.25) is 0 Å². The summed E-state index contributed by atoms with van der Waals surface area (Å²) < 4.78 is 11.9. The number of nitrogens with zero attached hydrogens (tertiary/aromatic N) is 1. The Kier molecular flexibility index (Phi) is 8.83. The van der Waals surface area contributed by atoms with Crippen LogP contribution in [-0.2, 0) is 4.79 Å². The summed E-state index contributed by atoms with van der Waals surface area (Å²) in [5, 5.41) is 10.2. The largest absolute Gasteiger partial charge is 0.493 e. The highest BCUT2D eigenvalue weighted by atomic mass is 32.1. The van der Waals surface area contributed by atoms with Crippen molar-refractivity contribution in [2.45, 2.75) is 33.1 Å². The van der Waals surface area contributed by atoms with Gasteiger partial charge in [0.25, 0.3) is 11.8 Å². The maximum atomic E-state index is 12.5. The SMILES string of the molecule is CCCC/C(=N/NC(=O)CNC(=O)c1ccc(OC)c(OCC)c1)c1csc2ccccc12. The molecular formula is C25H29N3O4S. The summed E-state index contributed by atoms with van der Waals surface area (Å²) in [5.41, 5.74) is 4.85. The minimum Gasteiger partial charge on any atom is -0.493 e. The standard InChI is InChI=1S/C25H29N3O4S/c1-4-6-10-20(19-16-33-23-11-8-7-9-18(19)23)27-28-24(29)15-26-25(30)17-12-13-21(31-3)22(14-17)32-5-2/h7-9,11-14,16H,4-6,10,15H2,1-3H3,(H,26,30)(H,28,29)/b27-20-. The minimum atomic E-state index is -0.393. The van der Waals surface area contributed by atoms with Gasteiger partial charge in [-0.15, -0.1) is 11.3 Å². The molecule has 2 aromatic carbocycles. The van der Waals surface area contributed by atoms with E-state index in [9.17, 15) is 9.59 Å². The first-order valence-corrected chi connectivity index (χ1v) is 11.9. The van der Waals surface area contributed by atoms with E-state index in [0.29, 0.717) is 23.7 Å². The molecule has 0 fully saturated rings. The van der Waals surface area contributed by atoms with Crippen molar-refractivity contribution in [1.82, 2.24) is 10.7 Å². The third-order valence-electron chi connectivity index (χ3n) is 5.01. The number of rotatable bonds is 11. The molecule has 0 aliphatic heterocycles. The Bertz CT molecular complexity index is 1140. The van der Waals surface area contributed by atoms with E-state index in [1.54, 1.807) is 29.5 Å². The number of methoxy groups -OCH3 is 1. The van der Waals surface area contributed by atoms with Crippen LogP contribution < -0.4 is 20.2 Å². The van der Waals surface area contributed by atoms with Gasteiger partial charge in [0, 0.05) is 26.6 Å². The van der Waals surface area contributed by atoms with E-state index in [1.165, 1.54) is 11.8 Å². The molecule has 1 aromatic heterocycles. The number of fused-ring (bicyclic) bond motifs is 1. The summed E-state index contributed by atoms with van der Waals surface area (Å²) in [6.07, 6.45) is 2.75. The number of hydrazone groups is 1. The summed E-state index contributed by atoms with van der Waals surface area (Å²) in [5.74, 6) is 0.245. The second kappa shape index (κ2) is 12.0. The number of benzene rings is 2. The molecule has 33 heavy (non-hydrogen) atoms. The highest BCUT2D eigenvalue weighted by Gasteiger charge is 2.14. The molecule has 7 nitrogen and oxygen atoms in total. The number of amides is 2. The van der Waals surface area contributed by atoms with Gasteiger partial charge in [-0.1, -0.05) is 31.5 Å². The predicted octanol–water partition coefficient (Wildman–Crippen LogP) is 4.75. The fourth-order valence-corrected chi connectivity index (χ4v) is 4.28. The lowest BCUT2D eigenvalue weighted by Gasteiger charge is -2.11. The third-order valence-corrected chi connectivity index (χ3v) is 5.97. The smallest absolute Gasteiger partial charge is 0.259 e. The molecule has 0 atom stereocenters. The molecule has 0 bridgehead atoms. The van der Waals surface area contributed by atoms with Crippen molar-refractivity contribution in [3.63, 3.8) is 0 Å². The van der Waals surface area contributed by atoms with Crippen molar-refractivity contribution in [3.8, 4) is 11.5 Å². The van der Waals surface area contributed by atoms with E-state index >= 15 is 0 Å². The molecule has 0 radical (unpaired) electrons. The fraction of sp³-hybridized carbons (Fsp3) is 0.320. The molecule has 1 heterocycles. The summed E-state index contributed by atoms with van der Waals surface area (Å²) in [6, 6.07) is 13.0. The number of hydrogen-bond donors (Lipinski definition) is 2. The molecule has 174 valence electrons. The van der Waals surface area contributed by atoms with E-state index in [4.69, 9.17) is 9.47 Å². The van der Waals surface area contributed by atoms with Crippen LogP contribution in [0.25, 0.3) is 10.1 Å². The molecule has 2 amide bonds. The maximum absolute atomic E-state index is 12.5. The Labute approximate surface area is 197 Å². The number of carbonyl (C=O) groups is 2. The first kappa shape index (κ1) is 24.3. The van der Waals surface area contributed by atoms with Crippen LogP contribution in [0.15, 0.2) is 52.9 Å². The average molecular weight is 468 g/mol. The van der Waals surface area contributed by atoms with E-state index in [-0.39, 0.29) is 12.5 Å². The second-order valence-corrected chi connectivity index (χ2v) is 8.24. The van der Waals surface area contributed by atoms with Gasteiger partial charge in [-0.2, -0.15) is 5.10 Å². The van der Waals surface area contributed by atoms with Gasteiger partial charge in [0.05, 0.1) is 26.0 Å². The predicted molar refractivity (Wildman–Crippen MR) is 133 cm³/mol. The average Bonchev–Trinajstić information content (AvgIpc) is 3.27. The van der Waals surface area contributed by atoms with Crippen molar-refractivity contribution in [2.24, 2.45) is 5.10 Å². The van der Waals surface area contributed by atoms with Crippen LogP contribution in [0.3, 0.4) is 0 Å². The zero-order valence-electron chi connectivity index (χ0n) is 19.1. The van der Waals surface area contributed by atoms with Gasteiger partial charge >= 0.3 is 0 Å². The Balaban J connectivity index is 1.65. The van der Waals surface area contributed by atoms with Gasteiger partial charge in [0.15, 0.2) is 11.5 Å². The molecule has 3 rings (SSSR count). The van der Waals surface area contributed by atoms with Crippen LogP contribution >= 0.6 is 11.3 Å². The Morgan fingerprint density at radius 3 is 2.67 bits per heavy atom. The van der Waals surface area contributed by atoms with E-state index < -0.39 is 5.91 Å². The zero-order chi connectivity index (χ0) is 23.6. The van der Waals surface area contributed by atoms with Crippen LogP contribution in [0.4, 0.5) is 0 Å². The van der Waals surface area contributed by atoms with Crippen molar-refractivity contribution in [1.29, 1.82) is 0 Å². The first-order valence-electron chi connectivity index (χ1n) is 11.0. The summed E-state index contributed by atoms with van der Waals surface area (Å²) in [6.45, 7) is 4.23. The van der Waals surface area contributed by atoms with Gasteiger partial charge in [0.2, 0.25) is 0 Å². The molecule has 0 unspecified atom stereocenters. The monoisotopic (exact) mass is 467 g/mol. The number of carbonyl (C=O) groups excluding carboxylic acids is 2. The van der Waals surface area contributed by atoms with Crippen LogP contribution in [0, 0.1) is 0 Å². The van der Waals surface area contributed by atoms with Gasteiger partial charge in [-0.25, -0.2) is 5.43 Å². The van der Waals surface area contributed by atoms with Crippen molar-refractivity contribution < 1.29 is 19.1 Å². The number of hydrogen-bond acceptors (Lipinski definition) is 6. The molecule has 0 saturated carbocycles. The Morgan fingerprint density at radius 2 is 1.91 bits per heavy atom. The quantitative estimate of drug-likeness (QED) is 0.315. The number of unbranched alkanes of at least 4 members (excludes halogenated alkanes) is 1. The number of ether oxygens (including phenoxy) is 2. The lowest BCUT2D eigenvalue weighted by Crippen LogP contribution is -2.35. The lowest BCUT2D eigenvalue weighted by molar-refractivity contribution is -0.120. The van der Waals surface area contributed by atoms with Gasteiger partial charge in [-0.3, -0.25) is 9.59 Å². The van der Waals surface area contributed by atoms with Crippen LogP contribution in [0.1, 0.15) is 49.0 Å². The van der Waals surface area contributed by atoms with Gasteiger partial charge < -0.3 is 14.8 Å². The van der Waals surface area contributed by atoms with E-state index in [0.717, 1.165) is 35.9 Å². The van der Waals surface area contributed by atoms with Gasteiger partial charge in [-0.05, 0) is 44.0 Å². The molecule has 0 aliphatic rings. The Morgan fingerprint density at radius 1 is 1.09 bits per heavy atom. The summed E-state index contributed by atoms with van der Waals surface area (Å²) >= 11 is 1.66. The van der Waals surface area contributed by atoms with Crippen LogP contribution in [0.5, 0.6) is 11.5 Å². The van der Waals surface area contributed by atoms with E-state index in [2.05, 4.69) is 40.3 Å². The normalized spacial score (nSPS) is 11.3. The molecule has 8 heteroatoms. The molecular weight excluding hydrogens is 438 g/mol.